The maximum Gasteiger partial charge on any atom is 0.302 e. The Labute approximate surface area is 186 Å². The number of benzene rings is 1. The molecular formula is C25H37NO5. The van der Waals surface area contributed by atoms with Crippen molar-refractivity contribution in [2.45, 2.75) is 78.2 Å². The van der Waals surface area contributed by atoms with Crippen LogP contribution in [0.25, 0.3) is 6.08 Å². The van der Waals surface area contributed by atoms with E-state index in [4.69, 9.17) is 9.47 Å². The molecule has 1 aromatic rings. The number of allylic oxidation sites excluding steroid dienone is 1. The normalized spacial score (nSPS) is 11.4. The summed E-state index contributed by atoms with van der Waals surface area (Å²) < 4.78 is 10.4. The highest BCUT2D eigenvalue weighted by atomic mass is 16.5. The van der Waals surface area contributed by atoms with E-state index in [1.165, 1.54) is 46.5 Å². The molecule has 1 N–H and O–H groups in total. The van der Waals surface area contributed by atoms with E-state index in [1.54, 1.807) is 0 Å². The molecule has 0 saturated carbocycles. The van der Waals surface area contributed by atoms with Crippen LogP contribution < -0.4 is 5.32 Å². The van der Waals surface area contributed by atoms with Crippen molar-refractivity contribution in [3.63, 3.8) is 0 Å². The van der Waals surface area contributed by atoms with Crippen molar-refractivity contribution in [3.05, 3.63) is 41.5 Å². The third kappa shape index (κ3) is 12.0. The first-order valence-corrected chi connectivity index (χ1v) is 11.1. The summed E-state index contributed by atoms with van der Waals surface area (Å²) >= 11 is 0. The highest BCUT2D eigenvalue weighted by Crippen LogP contribution is 2.19. The second kappa shape index (κ2) is 14.4. The molecule has 0 radical (unpaired) electrons. The molecule has 1 aromatic carbocycles. The van der Waals surface area contributed by atoms with Gasteiger partial charge >= 0.3 is 11.9 Å². The summed E-state index contributed by atoms with van der Waals surface area (Å²) in [6.45, 7) is 6.09. The summed E-state index contributed by atoms with van der Waals surface area (Å²) in [5, 5.41) is 2.84. The Morgan fingerprint density at radius 1 is 1.00 bits per heavy atom. The topological polar surface area (TPSA) is 81.7 Å². The summed E-state index contributed by atoms with van der Waals surface area (Å²) in [7, 11) is 0. The molecule has 0 atom stereocenters. The average molecular weight is 432 g/mol. The van der Waals surface area contributed by atoms with Crippen LogP contribution in [0.3, 0.4) is 0 Å². The number of unbranched alkanes of at least 4 members (excludes halogenated alkanes) is 4. The summed E-state index contributed by atoms with van der Waals surface area (Å²) in [4.78, 5) is 34.6. The molecule has 0 aliphatic carbocycles. The van der Waals surface area contributed by atoms with Gasteiger partial charge in [0.1, 0.15) is 18.8 Å². The van der Waals surface area contributed by atoms with E-state index >= 15 is 0 Å². The lowest BCUT2D eigenvalue weighted by molar-refractivity contribution is -0.150. The van der Waals surface area contributed by atoms with Crippen LogP contribution in [0.15, 0.2) is 30.3 Å². The second-order valence-corrected chi connectivity index (χ2v) is 8.02. The minimum atomic E-state index is -0.978. The van der Waals surface area contributed by atoms with Gasteiger partial charge in [-0.25, -0.2) is 0 Å². The number of hydrogen-bond donors (Lipinski definition) is 1. The summed E-state index contributed by atoms with van der Waals surface area (Å²) in [6.07, 6.45) is 11.5. The fraction of sp³-hybridized carbons (Fsp3) is 0.560. The van der Waals surface area contributed by atoms with Crippen LogP contribution >= 0.6 is 0 Å². The molecule has 6 nitrogen and oxygen atoms in total. The van der Waals surface area contributed by atoms with E-state index in [0.717, 1.165) is 17.5 Å². The van der Waals surface area contributed by atoms with Crippen molar-refractivity contribution < 1.29 is 23.9 Å². The van der Waals surface area contributed by atoms with E-state index in [1.807, 2.05) is 12.1 Å². The van der Waals surface area contributed by atoms with Gasteiger partial charge in [0.2, 0.25) is 5.91 Å². The van der Waals surface area contributed by atoms with Crippen LogP contribution in [0.4, 0.5) is 0 Å². The van der Waals surface area contributed by atoms with Crippen LogP contribution in [-0.2, 0) is 30.3 Å². The maximum atomic E-state index is 11.8. The zero-order valence-electron chi connectivity index (χ0n) is 19.4. The Kier molecular flexibility index (Phi) is 12.3. The summed E-state index contributed by atoms with van der Waals surface area (Å²) in [5.74, 6) is -1.19. The predicted molar refractivity (Wildman–Crippen MR) is 122 cm³/mol. The number of carbonyl (C=O) groups excluding carboxylic acids is 3. The fourth-order valence-electron chi connectivity index (χ4n) is 3.32. The van der Waals surface area contributed by atoms with E-state index in [-0.39, 0.29) is 19.1 Å². The van der Waals surface area contributed by atoms with Crippen LogP contribution in [0.5, 0.6) is 0 Å². The molecule has 0 bridgehead atoms. The van der Waals surface area contributed by atoms with Crippen LogP contribution in [-0.4, -0.2) is 36.6 Å². The number of carbonyl (C=O) groups is 3. The third-order valence-electron chi connectivity index (χ3n) is 4.92. The van der Waals surface area contributed by atoms with E-state index < -0.39 is 17.5 Å². The smallest absolute Gasteiger partial charge is 0.302 e. The molecule has 1 rings (SSSR count). The van der Waals surface area contributed by atoms with Crippen molar-refractivity contribution >= 4 is 23.9 Å². The summed E-state index contributed by atoms with van der Waals surface area (Å²) in [5.41, 5.74) is 1.24. The first-order chi connectivity index (χ1) is 14.8. The number of ether oxygens (including phenoxy) is 2. The molecule has 1 amide bonds. The Morgan fingerprint density at radius 2 is 1.68 bits per heavy atom. The maximum absolute atomic E-state index is 11.8. The first-order valence-electron chi connectivity index (χ1n) is 11.1. The number of amides is 1. The van der Waals surface area contributed by atoms with Gasteiger partial charge < -0.3 is 14.8 Å². The minimum Gasteiger partial charge on any atom is -0.463 e. The summed E-state index contributed by atoms with van der Waals surface area (Å²) in [6, 6.07) is 8.20. The van der Waals surface area contributed by atoms with Gasteiger partial charge in [0.05, 0.1) is 0 Å². The Morgan fingerprint density at radius 3 is 2.26 bits per heavy atom. The Hall–Kier alpha value is -2.63. The van der Waals surface area contributed by atoms with Gasteiger partial charge in [-0.2, -0.15) is 0 Å². The second-order valence-electron chi connectivity index (χ2n) is 8.02. The van der Waals surface area contributed by atoms with Crippen LogP contribution in [0.2, 0.25) is 0 Å². The quantitative estimate of drug-likeness (QED) is 0.344. The highest BCUT2D eigenvalue weighted by Gasteiger charge is 2.34. The van der Waals surface area contributed by atoms with E-state index in [2.05, 4.69) is 36.5 Å². The molecule has 31 heavy (non-hydrogen) atoms. The molecule has 0 heterocycles. The number of rotatable bonds is 14. The number of hydrogen-bond acceptors (Lipinski definition) is 5. The first kappa shape index (κ1) is 26.4. The van der Waals surface area contributed by atoms with Gasteiger partial charge in [-0.3, -0.25) is 14.4 Å². The van der Waals surface area contributed by atoms with Gasteiger partial charge in [-0.05, 0) is 36.8 Å². The Balaban J connectivity index is 2.85. The van der Waals surface area contributed by atoms with Gasteiger partial charge in [0, 0.05) is 20.8 Å². The molecule has 0 fully saturated rings. The zero-order valence-corrected chi connectivity index (χ0v) is 19.4. The minimum absolute atomic E-state index is 0.0629. The standard InChI is InChI=1S/C25H37NO5/c1-5-6-7-8-9-10-12-23-13-11-14-24(17-23)15-16-25(26-20(2)27,18-30-21(3)28)19-31-22(4)29/h10-14,17H,5-9,15-16,18-19H2,1-4H3,(H,26,27). The molecular weight excluding hydrogens is 394 g/mol. The highest BCUT2D eigenvalue weighted by molar-refractivity contribution is 5.74. The molecule has 6 heteroatoms. The van der Waals surface area contributed by atoms with E-state index in [0.29, 0.717) is 12.8 Å². The third-order valence-corrected chi connectivity index (χ3v) is 4.92. The van der Waals surface area contributed by atoms with Crippen LogP contribution in [0.1, 0.15) is 77.3 Å². The van der Waals surface area contributed by atoms with Gasteiger partial charge in [-0.15, -0.1) is 0 Å². The van der Waals surface area contributed by atoms with Crippen molar-refractivity contribution in [3.8, 4) is 0 Å². The SMILES string of the molecule is CCCCCCC=Cc1cccc(CCC(COC(C)=O)(COC(C)=O)NC(C)=O)c1. The lowest BCUT2D eigenvalue weighted by atomic mass is 9.91. The Bertz CT molecular complexity index is 723. The molecule has 0 aliphatic rings. The molecule has 172 valence electrons. The van der Waals surface area contributed by atoms with Gasteiger partial charge in [-0.1, -0.05) is 62.6 Å². The van der Waals surface area contributed by atoms with E-state index in [9.17, 15) is 14.4 Å². The van der Waals surface area contributed by atoms with Crippen molar-refractivity contribution in [2.24, 2.45) is 0 Å². The van der Waals surface area contributed by atoms with Gasteiger partial charge in [0.15, 0.2) is 0 Å². The average Bonchev–Trinajstić information content (AvgIpc) is 2.71. The zero-order chi connectivity index (χ0) is 23.1. The van der Waals surface area contributed by atoms with Crippen molar-refractivity contribution in [2.75, 3.05) is 13.2 Å². The van der Waals surface area contributed by atoms with Crippen LogP contribution in [0, 0.1) is 0 Å². The fourth-order valence-corrected chi connectivity index (χ4v) is 3.32. The molecule has 0 saturated heterocycles. The van der Waals surface area contributed by atoms with Gasteiger partial charge in [0.25, 0.3) is 0 Å². The lowest BCUT2D eigenvalue weighted by Crippen LogP contribution is -2.55. The lowest BCUT2D eigenvalue weighted by Gasteiger charge is -2.33. The van der Waals surface area contributed by atoms with Crippen molar-refractivity contribution in [1.82, 2.24) is 5.32 Å². The number of aryl methyl sites for hydroxylation is 1. The number of nitrogens with one attached hydrogen (secondary N) is 1. The predicted octanol–water partition coefficient (Wildman–Crippen LogP) is 4.60. The molecule has 0 aromatic heterocycles. The van der Waals surface area contributed by atoms with Crippen molar-refractivity contribution in [1.29, 1.82) is 0 Å². The monoisotopic (exact) mass is 431 g/mol. The number of esters is 2. The molecule has 0 unspecified atom stereocenters. The molecule has 0 spiro atoms. The largest absolute Gasteiger partial charge is 0.463 e. The molecule has 0 aliphatic heterocycles.